The Morgan fingerprint density at radius 3 is 2.45 bits per heavy atom. The number of Topliss-reactive ketones (excluding diaryl/α,β-unsaturated/α-hetero) is 1. The predicted octanol–water partition coefficient (Wildman–Crippen LogP) is 1.23. The molecule has 0 aromatic heterocycles. The van der Waals surface area contributed by atoms with Gasteiger partial charge in [-0.1, -0.05) is 6.58 Å². The van der Waals surface area contributed by atoms with Crippen LogP contribution in [0.3, 0.4) is 0 Å². The van der Waals surface area contributed by atoms with Crippen molar-refractivity contribution >= 4 is 5.78 Å². The Morgan fingerprint density at radius 1 is 1.45 bits per heavy atom. The number of likely N-dealkylation sites (tertiary alicyclic amines) is 1. The average molecular weight is 153 g/mol. The van der Waals surface area contributed by atoms with Crippen LogP contribution in [0.4, 0.5) is 0 Å². The molecule has 0 bridgehead atoms. The summed E-state index contributed by atoms with van der Waals surface area (Å²) in [6.45, 7) is 8.14. The van der Waals surface area contributed by atoms with Gasteiger partial charge in [-0.25, -0.2) is 0 Å². The van der Waals surface area contributed by atoms with Gasteiger partial charge < -0.3 is 0 Å². The van der Waals surface area contributed by atoms with E-state index in [1.807, 2.05) is 0 Å². The van der Waals surface area contributed by atoms with E-state index in [2.05, 4.69) is 11.5 Å². The maximum Gasteiger partial charge on any atom is 0.171 e. The van der Waals surface area contributed by atoms with Gasteiger partial charge in [-0.15, -0.1) is 0 Å². The van der Waals surface area contributed by atoms with Crippen molar-refractivity contribution in [3.63, 3.8) is 0 Å². The monoisotopic (exact) mass is 153 g/mol. The highest BCUT2D eigenvalue weighted by atomic mass is 16.1. The molecule has 11 heavy (non-hydrogen) atoms. The molecule has 0 amide bonds. The molecule has 1 aliphatic heterocycles. The second-order valence-corrected chi connectivity index (χ2v) is 3.19. The first-order chi connectivity index (χ1) is 5.20. The first kappa shape index (κ1) is 8.47. The number of hydrogen-bond donors (Lipinski definition) is 0. The summed E-state index contributed by atoms with van der Waals surface area (Å²) < 4.78 is 0. The predicted molar refractivity (Wildman–Crippen MR) is 45.5 cm³/mol. The van der Waals surface area contributed by atoms with Gasteiger partial charge in [0.2, 0.25) is 0 Å². The van der Waals surface area contributed by atoms with Crippen molar-refractivity contribution < 1.29 is 4.79 Å². The lowest BCUT2D eigenvalue weighted by Gasteiger charge is -2.12. The smallest absolute Gasteiger partial charge is 0.171 e. The molecular formula is C9H15NO. The van der Waals surface area contributed by atoms with E-state index in [1.165, 1.54) is 12.8 Å². The van der Waals surface area contributed by atoms with Gasteiger partial charge in [0, 0.05) is 0 Å². The van der Waals surface area contributed by atoms with Gasteiger partial charge >= 0.3 is 0 Å². The molecule has 1 fully saturated rings. The van der Waals surface area contributed by atoms with Crippen molar-refractivity contribution in [3.8, 4) is 0 Å². The molecule has 0 aromatic rings. The summed E-state index contributed by atoms with van der Waals surface area (Å²) in [7, 11) is 0. The molecule has 0 N–H and O–H groups in total. The molecular weight excluding hydrogens is 138 g/mol. The van der Waals surface area contributed by atoms with Crippen LogP contribution in [0.15, 0.2) is 12.2 Å². The molecule has 2 heteroatoms. The summed E-state index contributed by atoms with van der Waals surface area (Å²) >= 11 is 0. The minimum atomic E-state index is 0.187. The number of nitrogens with zero attached hydrogens (tertiary/aromatic N) is 1. The van der Waals surface area contributed by atoms with E-state index in [0.717, 1.165) is 13.1 Å². The number of carbonyl (C=O) groups excluding carboxylic acids is 1. The van der Waals surface area contributed by atoms with E-state index in [0.29, 0.717) is 12.1 Å². The average Bonchev–Trinajstić information content (AvgIpc) is 2.39. The Morgan fingerprint density at radius 2 is 2.00 bits per heavy atom. The molecule has 0 aliphatic carbocycles. The number of hydrogen-bond acceptors (Lipinski definition) is 2. The highest BCUT2D eigenvalue weighted by Gasteiger charge is 2.14. The fourth-order valence-corrected chi connectivity index (χ4v) is 1.28. The molecule has 0 unspecified atom stereocenters. The number of ketones is 1. The summed E-state index contributed by atoms with van der Waals surface area (Å²) in [6, 6.07) is 0. The van der Waals surface area contributed by atoms with Gasteiger partial charge in [0.15, 0.2) is 5.78 Å². The molecule has 0 aromatic carbocycles. The maximum atomic E-state index is 11.2. The molecule has 1 saturated heterocycles. The van der Waals surface area contributed by atoms with Gasteiger partial charge in [-0.3, -0.25) is 9.69 Å². The Labute approximate surface area is 67.9 Å². The lowest BCUT2D eigenvalue weighted by molar-refractivity contribution is -0.116. The lowest BCUT2D eigenvalue weighted by Crippen LogP contribution is -2.26. The minimum absolute atomic E-state index is 0.187. The first-order valence-electron chi connectivity index (χ1n) is 4.11. The van der Waals surface area contributed by atoms with Crippen molar-refractivity contribution in [1.29, 1.82) is 0 Å². The van der Waals surface area contributed by atoms with Crippen LogP contribution in [-0.2, 0) is 4.79 Å². The summed E-state index contributed by atoms with van der Waals surface area (Å²) in [4.78, 5) is 13.3. The quantitative estimate of drug-likeness (QED) is 0.568. The standard InChI is InChI=1S/C9H15NO/c1-8(2)9(11)7-10-5-3-4-6-10/h1,3-7H2,2H3. The molecule has 0 spiro atoms. The van der Waals surface area contributed by atoms with Crippen molar-refractivity contribution in [2.24, 2.45) is 0 Å². The van der Waals surface area contributed by atoms with Gasteiger partial charge in [0.1, 0.15) is 0 Å². The van der Waals surface area contributed by atoms with E-state index in [1.54, 1.807) is 6.92 Å². The molecule has 1 aliphatic rings. The molecule has 0 atom stereocenters. The third kappa shape index (κ3) is 2.46. The van der Waals surface area contributed by atoms with Crippen LogP contribution in [0.2, 0.25) is 0 Å². The summed E-state index contributed by atoms with van der Waals surface area (Å²) in [6.07, 6.45) is 2.48. The van der Waals surface area contributed by atoms with Crippen LogP contribution in [0.25, 0.3) is 0 Å². The van der Waals surface area contributed by atoms with E-state index < -0.39 is 0 Å². The summed E-state index contributed by atoms with van der Waals surface area (Å²) in [5.41, 5.74) is 0.678. The highest BCUT2D eigenvalue weighted by molar-refractivity contribution is 5.95. The number of rotatable bonds is 3. The Bertz CT molecular complexity index is 168. The highest BCUT2D eigenvalue weighted by Crippen LogP contribution is 2.07. The van der Waals surface area contributed by atoms with E-state index in [-0.39, 0.29) is 5.78 Å². The Balaban J connectivity index is 2.29. The van der Waals surface area contributed by atoms with Crippen molar-refractivity contribution in [2.45, 2.75) is 19.8 Å². The first-order valence-corrected chi connectivity index (χ1v) is 4.11. The summed E-state index contributed by atoms with van der Waals surface area (Å²) in [5, 5.41) is 0. The zero-order chi connectivity index (χ0) is 8.27. The van der Waals surface area contributed by atoms with Crippen LogP contribution in [0, 0.1) is 0 Å². The van der Waals surface area contributed by atoms with Crippen LogP contribution >= 0.6 is 0 Å². The molecule has 0 saturated carbocycles. The third-order valence-electron chi connectivity index (χ3n) is 2.04. The van der Waals surface area contributed by atoms with Crippen LogP contribution in [0.5, 0.6) is 0 Å². The normalized spacial score (nSPS) is 18.6. The van der Waals surface area contributed by atoms with Crippen LogP contribution in [-0.4, -0.2) is 30.3 Å². The number of carbonyl (C=O) groups is 1. The van der Waals surface area contributed by atoms with Gasteiger partial charge in [0.05, 0.1) is 6.54 Å². The fraction of sp³-hybridized carbons (Fsp3) is 0.667. The van der Waals surface area contributed by atoms with Crippen LogP contribution in [0.1, 0.15) is 19.8 Å². The molecule has 62 valence electrons. The van der Waals surface area contributed by atoms with Crippen molar-refractivity contribution in [1.82, 2.24) is 4.90 Å². The van der Waals surface area contributed by atoms with Crippen molar-refractivity contribution in [3.05, 3.63) is 12.2 Å². The molecule has 1 rings (SSSR count). The second-order valence-electron chi connectivity index (χ2n) is 3.19. The van der Waals surface area contributed by atoms with E-state index in [9.17, 15) is 4.79 Å². The van der Waals surface area contributed by atoms with Gasteiger partial charge in [-0.05, 0) is 38.4 Å². The van der Waals surface area contributed by atoms with E-state index in [4.69, 9.17) is 0 Å². The van der Waals surface area contributed by atoms with Crippen molar-refractivity contribution in [2.75, 3.05) is 19.6 Å². The topological polar surface area (TPSA) is 20.3 Å². The Kier molecular flexibility index (Phi) is 2.83. The van der Waals surface area contributed by atoms with Crippen LogP contribution < -0.4 is 0 Å². The fourth-order valence-electron chi connectivity index (χ4n) is 1.28. The van der Waals surface area contributed by atoms with Gasteiger partial charge in [0.25, 0.3) is 0 Å². The second kappa shape index (κ2) is 3.67. The van der Waals surface area contributed by atoms with Gasteiger partial charge in [-0.2, -0.15) is 0 Å². The zero-order valence-electron chi connectivity index (χ0n) is 7.10. The van der Waals surface area contributed by atoms with E-state index >= 15 is 0 Å². The Hall–Kier alpha value is -0.630. The zero-order valence-corrected chi connectivity index (χ0v) is 7.10. The minimum Gasteiger partial charge on any atom is -0.296 e. The maximum absolute atomic E-state index is 11.2. The largest absolute Gasteiger partial charge is 0.296 e. The third-order valence-corrected chi connectivity index (χ3v) is 2.04. The summed E-state index contributed by atoms with van der Waals surface area (Å²) in [5.74, 6) is 0.187. The molecule has 2 nitrogen and oxygen atoms in total. The molecule has 1 heterocycles. The SMILES string of the molecule is C=C(C)C(=O)CN1CCCC1. The lowest BCUT2D eigenvalue weighted by atomic mass is 10.2. The molecule has 0 radical (unpaired) electrons.